The van der Waals surface area contributed by atoms with E-state index in [1.165, 1.54) is 0 Å². The summed E-state index contributed by atoms with van der Waals surface area (Å²) in [5.74, 6) is 0. The molecule has 0 amide bonds. The molecule has 0 aromatic heterocycles. The zero-order valence-corrected chi connectivity index (χ0v) is 7.09. The molecule has 0 spiro atoms. The predicted molar refractivity (Wildman–Crippen MR) is 43.5 cm³/mol. The maximum atomic E-state index is 12.8. The zero-order chi connectivity index (χ0) is 6.69. The largest absolute Gasteiger partial charge is 0.311 e. The molecule has 0 radical (unpaired) electrons. The van der Waals surface area contributed by atoms with Gasteiger partial charge >= 0.3 is 0 Å². The van der Waals surface area contributed by atoms with E-state index in [0.29, 0.717) is 6.42 Å². The van der Waals surface area contributed by atoms with E-state index in [1.807, 2.05) is 6.92 Å². The average Bonchev–Trinajstić information content (AvgIpc) is 2.37. The molecule has 0 aromatic rings. The lowest BCUT2D eigenvalue weighted by molar-refractivity contribution is 0.258. The minimum Gasteiger partial charge on any atom is -0.311 e. The predicted octanol–water partition coefficient (Wildman–Crippen LogP) is 1.91. The van der Waals surface area contributed by atoms with Gasteiger partial charge < -0.3 is 5.32 Å². The van der Waals surface area contributed by atoms with Gasteiger partial charge in [0.05, 0.1) is 0 Å². The highest BCUT2D eigenvalue weighted by atomic mass is 35.5. The Balaban J connectivity index is 0.000000810. The van der Waals surface area contributed by atoms with Crippen LogP contribution in [0.15, 0.2) is 0 Å². The van der Waals surface area contributed by atoms with Crippen LogP contribution in [0.3, 0.4) is 0 Å². The molecule has 2 unspecified atom stereocenters. The molecule has 1 saturated heterocycles. The number of alkyl halides is 1. The Morgan fingerprint density at radius 3 is 2.80 bits per heavy atom. The Labute approximate surface area is 67.8 Å². The van der Waals surface area contributed by atoms with Crippen molar-refractivity contribution in [1.82, 2.24) is 5.32 Å². The fourth-order valence-corrected chi connectivity index (χ4v) is 1.30. The smallest absolute Gasteiger partial charge is 0.115 e. The van der Waals surface area contributed by atoms with E-state index in [4.69, 9.17) is 0 Å². The first-order chi connectivity index (χ1) is 4.34. The van der Waals surface area contributed by atoms with Crippen LogP contribution < -0.4 is 5.32 Å². The quantitative estimate of drug-likeness (QED) is 0.663. The summed E-state index contributed by atoms with van der Waals surface area (Å²) in [6.45, 7) is 2.90. The van der Waals surface area contributed by atoms with Crippen LogP contribution in [-0.2, 0) is 0 Å². The third-order valence-corrected chi connectivity index (χ3v) is 1.93. The van der Waals surface area contributed by atoms with E-state index in [0.717, 1.165) is 19.4 Å². The zero-order valence-electron chi connectivity index (χ0n) is 6.27. The molecule has 1 heterocycles. The first kappa shape index (κ1) is 10.2. The highest BCUT2D eigenvalue weighted by Crippen LogP contribution is 2.13. The van der Waals surface area contributed by atoms with Crippen molar-refractivity contribution in [2.24, 2.45) is 0 Å². The Morgan fingerprint density at radius 2 is 2.40 bits per heavy atom. The van der Waals surface area contributed by atoms with Gasteiger partial charge in [0, 0.05) is 6.04 Å². The normalized spacial score (nSPS) is 27.6. The third kappa shape index (κ3) is 2.43. The van der Waals surface area contributed by atoms with Crippen molar-refractivity contribution >= 4 is 12.4 Å². The molecule has 0 bridgehead atoms. The van der Waals surface area contributed by atoms with Crippen molar-refractivity contribution in [2.45, 2.75) is 38.4 Å². The molecule has 0 saturated carbocycles. The summed E-state index contributed by atoms with van der Waals surface area (Å²) in [5.41, 5.74) is 0. The van der Waals surface area contributed by atoms with Crippen LogP contribution in [0.25, 0.3) is 0 Å². The average molecular weight is 168 g/mol. The number of nitrogens with one attached hydrogen (secondary N) is 1. The summed E-state index contributed by atoms with van der Waals surface area (Å²) in [6, 6.07) is 0.162. The number of hydrogen-bond acceptors (Lipinski definition) is 1. The molecule has 2 atom stereocenters. The van der Waals surface area contributed by atoms with Crippen LogP contribution >= 0.6 is 12.4 Å². The SMILES string of the molecule is CCC(F)C1CCCN1.Cl. The number of halogens is 2. The number of rotatable bonds is 2. The van der Waals surface area contributed by atoms with Crippen molar-refractivity contribution in [2.75, 3.05) is 6.54 Å². The molecule has 1 aliphatic heterocycles. The van der Waals surface area contributed by atoms with Crippen molar-refractivity contribution in [3.8, 4) is 0 Å². The van der Waals surface area contributed by atoms with Gasteiger partial charge in [0.15, 0.2) is 0 Å². The lowest BCUT2D eigenvalue weighted by Crippen LogP contribution is -2.31. The van der Waals surface area contributed by atoms with Gasteiger partial charge in [0.25, 0.3) is 0 Å². The minimum absolute atomic E-state index is 0. The topological polar surface area (TPSA) is 12.0 Å². The van der Waals surface area contributed by atoms with Crippen molar-refractivity contribution < 1.29 is 4.39 Å². The lowest BCUT2D eigenvalue weighted by atomic mass is 10.1. The Kier molecular flexibility index (Phi) is 5.00. The first-order valence-electron chi connectivity index (χ1n) is 3.72. The van der Waals surface area contributed by atoms with Gasteiger partial charge in [-0.05, 0) is 25.8 Å². The van der Waals surface area contributed by atoms with Crippen LogP contribution in [0, 0.1) is 0 Å². The van der Waals surface area contributed by atoms with Crippen LogP contribution in [0.1, 0.15) is 26.2 Å². The van der Waals surface area contributed by atoms with Crippen LogP contribution in [0.2, 0.25) is 0 Å². The highest BCUT2D eigenvalue weighted by Gasteiger charge is 2.21. The maximum Gasteiger partial charge on any atom is 0.115 e. The molecule has 10 heavy (non-hydrogen) atoms. The van der Waals surface area contributed by atoms with Gasteiger partial charge in [-0.2, -0.15) is 0 Å². The van der Waals surface area contributed by atoms with Gasteiger partial charge in [-0.1, -0.05) is 6.92 Å². The van der Waals surface area contributed by atoms with E-state index in [9.17, 15) is 4.39 Å². The fraction of sp³-hybridized carbons (Fsp3) is 1.00. The Bertz CT molecular complexity index is 83.7. The summed E-state index contributed by atoms with van der Waals surface area (Å²) in [4.78, 5) is 0. The molecule has 1 aliphatic rings. The summed E-state index contributed by atoms with van der Waals surface area (Å²) < 4.78 is 12.8. The first-order valence-corrected chi connectivity index (χ1v) is 3.72. The maximum absolute atomic E-state index is 12.8. The second kappa shape index (κ2) is 4.91. The molecule has 1 rings (SSSR count). The summed E-state index contributed by atoms with van der Waals surface area (Å²) in [6.07, 6.45) is 2.20. The van der Waals surface area contributed by atoms with Gasteiger partial charge in [-0.15, -0.1) is 12.4 Å². The molecule has 0 aliphatic carbocycles. The summed E-state index contributed by atoms with van der Waals surface area (Å²) >= 11 is 0. The Hall–Kier alpha value is 0.180. The van der Waals surface area contributed by atoms with E-state index < -0.39 is 6.17 Å². The Morgan fingerprint density at radius 1 is 1.70 bits per heavy atom. The lowest BCUT2D eigenvalue weighted by Gasteiger charge is -2.12. The molecule has 1 N–H and O–H groups in total. The van der Waals surface area contributed by atoms with Crippen molar-refractivity contribution in [3.63, 3.8) is 0 Å². The van der Waals surface area contributed by atoms with E-state index in [2.05, 4.69) is 5.32 Å². The molecule has 3 heteroatoms. The van der Waals surface area contributed by atoms with Gasteiger partial charge in [0.2, 0.25) is 0 Å². The van der Waals surface area contributed by atoms with E-state index in [-0.39, 0.29) is 18.4 Å². The van der Waals surface area contributed by atoms with Gasteiger partial charge in [0.1, 0.15) is 6.17 Å². The monoisotopic (exact) mass is 167 g/mol. The fourth-order valence-electron chi connectivity index (χ4n) is 1.30. The second-order valence-corrected chi connectivity index (χ2v) is 2.63. The number of hydrogen-bond donors (Lipinski definition) is 1. The summed E-state index contributed by atoms with van der Waals surface area (Å²) in [5, 5.41) is 3.13. The third-order valence-electron chi connectivity index (χ3n) is 1.93. The molecular weight excluding hydrogens is 153 g/mol. The van der Waals surface area contributed by atoms with Gasteiger partial charge in [-0.3, -0.25) is 0 Å². The standard InChI is InChI=1S/C7H14FN.ClH/c1-2-6(8)7-4-3-5-9-7;/h6-7,9H,2-5H2,1H3;1H. The molecule has 1 fully saturated rings. The van der Waals surface area contributed by atoms with E-state index in [1.54, 1.807) is 0 Å². The van der Waals surface area contributed by atoms with Crippen LogP contribution in [0.5, 0.6) is 0 Å². The molecule has 1 nitrogen and oxygen atoms in total. The second-order valence-electron chi connectivity index (χ2n) is 2.63. The van der Waals surface area contributed by atoms with Gasteiger partial charge in [-0.25, -0.2) is 4.39 Å². The molecule has 0 aromatic carbocycles. The van der Waals surface area contributed by atoms with Crippen molar-refractivity contribution in [1.29, 1.82) is 0 Å². The van der Waals surface area contributed by atoms with Crippen LogP contribution in [-0.4, -0.2) is 18.8 Å². The minimum atomic E-state index is -0.618. The molecule has 62 valence electrons. The molecular formula is C7H15ClFN. The van der Waals surface area contributed by atoms with Crippen LogP contribution in [0.4, 0.5) is 4.39 Å². The summed E-state index contributed by atoms with van der Waals surface area (Å²) in [7, 11) is 0. The van der Waals surface area contributed by atoms with Crippen molar-refractivity contribution in [3.05, 3.63) is 0 Å². The highest BCUT2D eigenvalue weighted by molar-refractivity contribution is 5.85. The van der Waals surface area contributed by atoms with E-state index >= 15 is 0 Å².